The van der Waals surface area contributed by atoms with Crippen molar-refractivity contribution in [3.63, 3.8) is 0 Å². The number of carbonyl (C=O) groups excluding carboxylic acids is 3. The third-order valence-electron chi connectivity index (χ3n) is 12.5. The van der Waals surface area contributed by atoms with Crippen molar-refractivity contribution in [3.05, 3.63) is 97.2 Å². The van der Waals surface area contributed by atoms with Crippen molar-refractivity contribution in [1.82, 2.24) is 0 Å². The molecule has 0 aliphatic rings. The first-order chi connectivity index (χ1) is 34.5. The lowest BCUT2D eigenvalue weighted by Crippen LogP contribution is -2.30. The van der Waals surface area contributed by atoms with E-state index in [2.05, 4.69) is 45.1 Å². The highest BCUT2D eigenvalue weighted by atomic mass is 16.6. The lowest BCUT2D eigenvalue weighted by atomic mass is 10.0. The van der Waals surface area contributed by atoms with Crippen LogP contribution in [-0.4, -0.2) is 37.2 Å². The Morgan fingerprint density at radius 2 is 0.571 bits per heavy atom. The summed E-state index contributed by atoms with van der Waals surface area (Å²) in [6.45, 7) is 6.47. The van der Waals surface area contributed by atoms with Gasteiger partial charge in [-0.2, -0.15) is 0 Å². The van der Waals surface area contributed by atoms with Gasteiger partial charge in [-0.1, -0.05) is 285 Å². The molecule has 0 aliphatic carbocycles. The van der Waals surface area contributed by atoms with E-state index in [0.717, 1.165) is 70.6 Å². The molecule has 0 fully saturated rings. The summed E-state index contributed by atoms with van der Waals surface area (Å²) in [7, 11) is 0. The lowest BCUT2D eigenvalue weighted by molar-refractivity contribution is -0.167. The van der Waals surface area contributed by atoms with E-state index in [-0.39, 0.29) is 31.1 Å². The molecule has 0 saturated heterocycles. The molecular weight excluding hydrogens is 865 g/mol. The van der Waals surface area contributed by atoms with Crippen molar-refractivity contribution in [2.75, 3.05) is 13.2 Å². The van der Waals surface area contributed by atoms with Gasteiger partial charge in [0.15, 0.2) is 6.10 Å². The first-order valence-electron chi connectivity index (χ1n) is 29.3. The van der Waals surface area contributed by atoms with Crippen LogP contribution < -0.4 is 0 Å². The van der Waals surface area contributed by atoms with E-state index in [1.165, 1.54) is 161 Å². The minimum absolute atomic E-state index is 0.0926. The fourth-order valence-electron chi connectivity index (χ4n) is 8.13. The predicted molar refractivity (Wildman–Crippen MR) is 302 cm³/mol. The topological polar surface area (TPSA) is 78.9 Å². The molecule has 6 nitrogen and oxygen atoms in total. The van der Waals surface area contributed by atoms with Crippen molar-refractivity contribution in [1.29, 1.82) is 0 Å². The van der Waals surface area contributed by atoms with E-state index in [1.54, 1.807) is 0 Å². The van der Waals surface area contributed by atoms with Crippen LogP contribution in [0.5, 0.6) is 0 Å². The molecule has 0 aromatic carbocycles. The maximum atomic E-state index is 12.9. The molecule has 1 atom stereocenters. The van der Waals surface area contributed by atoms with E-state index < -0.39 is 6.10 Å². The Balaban J connectivity index is 4.48. The molecule has 400 valence electrons. The summed E-state index contributed by atoms with van der Waals surface area (Å²) in [5.74, 6) is -0.937. The Bertz CT molecular complexity index is 1400. The second-order valence-electron chi connectivity index (χ2n) is 19.4. The lowest BCUT2D eigenvalue weighted by Gasteiger charge is -2.18. The Morgan fingerprint density at radius 1 is 0.300 bits per heavy atom. The van der Waals surface area contributed by atoms with Crippen molar-refractivity contribution < 1.29 is 28.6 Å². The third-order valence-corrected chi connectivity index (χ3v) is 12.5. The van der Waals surface area contributed by atoms with Crippen molar-refractivity contribution >= 4 is 17.9 Å². The largest absolute Gasteiger partial charge is 0.462 e. The maximum Gasteiger partial charge on any atom is 0.306 e. The summed E-state index contributed by atoms with van der Waals surface area (Å²) in [5.41, 5.74) is 0. The van der Waals surface area contributed by atoms with E-state index >= 15 is 0 Å². The van der Waals surface area contributed by atoms with Crippen LogP contribution in [-0.2, 0) is 28.6 Å². The van der Waals surface area contributed by atoms with Gasteiger partial charge in [0.25, 0.3) is 0 Å². The molecule has 0 rings (SSSR count). The molecule has 0 radical (unpaired) electrons. The van der Waals surface area contributed by atoms with Crippen LogP contribution in [0.15, 0.2) is 97.2 Å². The SMILES string of the molecule is CC\C=C/C=C\C=C/C=C\C=C\C=C/C=C\CCCCCC(=O)OCC(COC(=O)CCCCCCCCCCCCCCCC)OC(=O)CCCCCCCCC/C=C\CCCCCCCCCC. The summed E-state index contributed by atoms with van der Waals surface area (Å²) in [4.78, 5) is 38.2. The van der Waals surface area contributed by atoms with Gasteiger partial charge in [0.05, 0.1) is 0 Å². The van der Waals surface area contributed by atoms with Crippen LogP contribution in [0.25, 0.3) is 0 Å². The number of ether oxygens (including phenoxy) is 3. The molecule has 0 heterocycles. The second-order valence-corrected chi connectivity index (χ2v) is 19.4. The highest BCUT2D eigenvalue weighted by molar-refractivity contribution is 5.71. The Morgan fingerprint density at radius 3 is 0.929 bits per heavy atom. The normalized spacial score (nSPS) is 12.8. The van der Waals surface area contributed by atoms with Gasteiger partial charge in [0.2, 0.25) is 0 Å². The summed E-state index contributed by atoms with van der Waals surface area (Å²) in [5, 5.41) is 0. The van der Waals surface area contributed by atoms with Gasteiger partial charge in [-0.3, -0.25) is 14.4 Å². The van der Waals surface area contributed by atoms with E-state index in [0.29, 0.717) is 19.3 Å². The van der Waals surface area contributed by atoms with Gasteiger partial charge in [-0.05, 0) is 64.2 Å². The van der Waals surface area contributed by atoms with Gasteiger partial charge in [0.1, 0.15) is 13.2 Å². The van der Waals surface area contributed by atoms with Crippen molar-refractivity contribution in [3.8, 4) is 0 Å². The van der Waals surface area contributed by atoms with Gasteiger partial charge in [-0.15, -0.1) is 0 Å². The zero-order chi connectivity index (χ0) is 50.7. The van der Waals surface area contributed by atoms with Crippen LogP contribution in [0.1, 0.15) is 271 Å². The summed E-state index contributed by atoms with van der Waals surface area (Å²) in [6.07, 6.45) is 76.8. The van der Waals surface area contributed by atoms with Gasteiger partial charge in [0, 0.05) is 19.3 Å². The maximum absolute atomic E-state index is 12.9. The number of unbranched alkanes of at least 4 members (excludes halogenated alkanes) is 31. The summed E-state index contributed by atoms with van der Waals surface area (Å²) in [6, 6.07) is 0. The quantitative estimate of drug-likeness (QED) is 0.0199. The molecule has 0 saturated carbocycles. The first-order valence-corrected chi connectivity index (χ1v) is 29.3. The number of hydrogen-bond acceptors (Lipinski definition) is 6. The van der Waals surface area contributed by atoms with Gasteiger partial charge < -0.3 is 14.2 Å². The highest BCUT2D eigenvalue weighted by Gasteiger charge is 2.19. The van der Waals surface area contributed by atoms with Crippen molar-refractivity contribution in [2.24, 2.45) is 0 Å². The Kier molecular flexibility index (Phi) is 54.9. The molecule has 6 heteroatoms. The first kappa shape index (κ1) is 66.3. The Labute approximate surface area is 432 Å². The zero-order valence-corrected chi connectivity index (χ0v) is 45.8. The molecule has 0 aromatic rings. The number of allylic oxidation sites excluding steroid dienone is 16. The van der Waals surface area contributed by atoms with Crippen LogP contribution >= 0.6 is 0 Å². The monoisotopic (exact) mass is 973 g/mol. The zero-order valence-electron chi connectivity index (χ0n) is 45.8. The Hall–Kier alpha value is -3.67. The second kappa shape index (κ2) is 57.9. The summed E-state index contributed by atoms with van der Waals surface area (Å²) < 4.78 is 16.8. The van der Waals surface area contributed by atoms with E-state index in [9.17, 15) is 14.4 Å². The molecule has 0 bridgehead atoms. The number of hydrogen-bond donors (Lipinski definition) is 0. The van der Waals surface area contributed by atoms with Gasteiger partial charge in [-0.25, -0.2) is 0 Å². The fourth-order valence-corrected chi connectivity index (χ4v) is 8.13. The standard InChI is InChI=1S/C64H108O6/c1-4-7-10-13-16-19-22-25-28-30-32-34-36-39-42-45-48-51-54-57-63(66)69-60-61(59-68-62(65)56-53-50-47-44-41-38-27-24-21-18-15-12-9-6-3)70-64(67)58-55-52-49-46-43-40-37-35-33-31-29-26-23-20-17-14-11-8-5-2/h7,10,13,16,19,22,25,28,30-34,36,39,42,61H,4-6,8-9,11-12,14-15,17-18,20-21,23-24,26-27,29,35,37-38,40-41,43-60H2,1-3H3/b10-7-,16-13-,22-19-,28-25-,32-30+,33-31-,36-34-,42-39-. The van der Waals surface area contributed by atoms with Crippen LogP contribution in [0, 0.1) is 0 Å². The van der Waals surface area contributed by atoms with E-state index in [4.69, 9.17) is 14.2 Å². The molecular formula is C64H108O6. The molecule has 0 aromatic heterocycles. The average molecular weight is 974 g/mol. The summed E-state index contributed by atoms with van der Waals surface area (Å²) >= 11 is 0. The average Bonchev–Trinajstić information content (AvgIpc) is 3.36. The smallest absolute Gasteiger partial charge is 0.306 e. The van der Waals surface area contributed by atoms with Crippen LogP contribution in [0.4, 0.5) is 0 Å². The number of rotatable bonds is 52. The number of carbonyl (C=O) groups is 3. The molecule has 0 aliphatic heterocycles. The predicted octanol–water partition coefficient (Wildman–Crippen LogP) is 19.7. The van der Waals surface area contributed by atoms with Crippen LogP contribution in [0.3, 0.4) is 0 Å². The molecule has 0 N–H and O–H groups in total. The van der Waals surface area contributed by atoms with E-state index in [1.807, 2.05) is 72.9 Å². The highest BCUT2D eigenvalue weighted by Crippen LogP contribution is 2.16. The minimum Gasteiger partial charge on any atom is -0.462 e. The molecule has 0 amide bonds. The van der Waals surface area contributed by atoms with Crippen LogP contribution in [0.2, 0.25) is 0 Å². The van der Waals surface area contributed by atoms with Gasteiger partial charge >= 0.3 is 17.9 Å². The third kappa shape index (κ3) is 55.3. The molecule has 1 unspecified atom stereocenters. The number of esters is 3. The van der Waals surface area contributed by atoms with Crippen molar-refractivity contribution in [2.45, 2.75) is 277 Å². The fraction of sp³-hybridized carbons (Fsp3) is 0.703. The minimum atomic E-state index is -0.799. The molecule has 0 spiro atoms. The molecule has 70 heavy (non-hydrogen) atoms.